The average molecular weight is 237 g/mol. The summed E-state index contributed by atoms with van der Waals surface area (Å²) in [7, 11) is 0. The van der Waals surface area contributed by atoms with Gasteiger partial charge in [0.2, 0.25) is 0 Å². The van der Waals surface area contributed by atoms with Crippen molar-refractivity contribution in [2.45, 2.75) is 0 Å². The standard InChI is InChI=1S/C11H6Cl2N2/c12-9-3-1-7(2-4-9)11-8(6-14)5-10(13)15-11/h1-5,15H. The monoisotopic (exact) mass is 236 g/mol. The fourth-order valence-electron chi connectivity index (χ4n) is 1.35. The zero-order chi connectivity index (χ0) is 10.8. The minimum atomic E-state index is 0.455. The fraction of sp³-hybridized carbons (Fsp3) is 0. The van der Waals surface area contributed by atoms with Crippen LogP contribution in [0.2, 0.25) is 10.2 Å². The van der Waals surface area contributed by atoms with E-state index in [0.717, 1.165) is 11.3 Å². The van der Waals surface area contributed by atoms with E-state index in [1.807, 2.05) is 12.1 Å². The van der Waals surface area contributed by atoms with Crippen molar-refractivity contribution in [2.24, 2.45) is 0 Å². The van der Waals surface area contributed by atoms with Crippen molar-refractivity contribution < 1.29 is 0 Å². The van der Waals surface area contributed by atoms with Crippen LogP contribution in [0.3, 0.4) is 0 Å². The summed E-state index contributed by atoms with van der Waals surface area (Å²) in [6, 6.07) is 10.9. The van der Waals surface area contributed by atoms with Gasteiger partial charge in [0.15, 0.2) is 0 Å². The Labute approximate surface area is 97.1 Å². The highest BCUT2D eigenvalue weighted by molar-refractivity contribution is 6.30. The molecule has 0 radical (unpaired) electrons. The molecule has 1 heterocycles. The number of nitrogens with one attached hydrogen (secondary N) is 1. The summed E-state index contributed by atoms with van der Waals surface area (Å²) in [5, 5.41) is 10.0. The second-order valence-corrected chi connectivity index (χ2v) is 3.87. The first-order valence-corrected chi connectivity index (χ1v) is 5.01. The molecule has 0 fully saturated rings. The van der Waals surface area contributed by atoms with Crippen molar-refractivity contribution in [3.8, 4) is 17.3 Å². The lowest BCUT2D eigenvalue weighted by Gasteiger charge is -1.98. The predicted molar refractivity (Wildman–Crippen MR) is 61.0 cm³/mol. The van der Waals surface area contributed by atoms with Gasteiger partial charge in [-0.15, -0.1) is 0 Å². The van der Waals surface area contributed by atoms with E-state index in [-0.39, 0.29) is 0 Å². The second kappa shape index (κ2) is 3.98. The van der Waals surface area contributed by atoms with Crippen molar-refractivity contribution in [1.29, 1.82) is 5.26 Å². The molecule has 0 amide bonds. The summed E-state index contributed by atoms with van der Waals surface area (Å²) in [5.41, 5.74) is 2.14. The molecular formula is C11H6Cl2N2. The third-order valence-corrected chi connectivity index (χ3v) is 2.49. The van der Waals surface area contributed by atoms with Crippen LogP contribution >= 0.6 is 23.2 Å². The molecular weight excluding hydrogens is 231 g/mol. The Morgan fingerprint density at radius 3 is 2.40 bits per heavy atom. The summed E-state index contributed by atoms with van der Waals surface area (Å²) in [5.74, 6) is 0. The van der Waals surface area contributed by atoms with E-state index in [1.165, 1.54) is 0 Å². The van der Waals surface area contributed by atoms with Crippen LogP contribution in [0, 0.1) is 11.3 Å². The van der Waals surface area contributed by atoms with Crippen LogP contribution in [0.5, 0.6) is 0 Å². The normalized spacial score (nSPS) is 9.93. The zero-order valence-electron chi connectivity index (χ0n) is 7.59. The molecule has 1 N–H and O–H groups in total. The molecule has 4 heteroatoms. The second-order valence-electron chi connectivity index (χ2n) is 3.02. The zero-order valence-corrected chi connectivity index (χ0v) is 9.10. The highest BCUT2D eigenvalue weighted by atomic mass is 35.5. The van der Waals surface area contributed by atoms with Crippen LogP contribution in [-0.4, -0.2) is 4.98 Å². The van der Waals surface area contributed by atoms with Crippen LogP contribution in [0.15, 0.2) is 30.3 Å². The van der Waals surface area contributed by atoms with Crippen LogP contribution < -0.4 is 0 Å². The quantitative estimate of drug-likeness (QED) is 0.803. The Hall–Kier alpha value is -1.43. The van der Waals surface area contributed by atoms with E-state index in [9.17, 15) is 0 Å². The fourth-order valence-corrected chi connectivity index (χ4v) is 1.68. The third-order valence-electron chi connectivity index (χ3n) is 2.04. The van der Waals surface area contributed by atoms with Gasteiger partial charge in [-0.2, -0.15) is 5.26 Å². The maximum atomic E-state index is 8.89. The van der Waals surface area contributed by atoms with Crippen molar-refractivity contribution >= 4 is 23.2 Å². The number of benzene rings is 1. The van der Waals surface area contributed by atoms with Crippen LogP contribution in [-0.2, 0) is 0 Å². The number of H-pyrrole nitrogens is 1. The first-order chi connectivity index (χ1) is 7.20. The van der Waals surface area contributed by atoms with Gasteiger partial charge in [-0.25, -0.2) is 0 Å². The maximum Gasteiger partial charge on any atom is 0.108 e. The molecule has 15 heavy (non-hydrogen) atoms. The van der Waals surface area contributed by atoms with E-state index < -0.39 is 0 Å². The van der Waals surface area contributed by atoms with Gasteiger partial charge in [-0.05, 0) is 23.8 Å². The van der Waals surface area contributed by atoms with Crippen molar-refractivity contribution in [2.75, 3.05) is 0 Å². The first-order valence-electron chi connectivity index (χ1n) is 4.25. The van der Waals surface area contributed by atoms with E-state index >= 15 is 0 Å². The maximum absolute atomic E-state index is 8.89. The molecule has 2 aromatic rings. The number of halogens is 2. The van der Waals surface area contributed by atoms with Gasteiger partial charge in [0.05, 0.1) is 11.3 Å². The first kappa shape index (κ1) is 10.1. The lowest BCUT2D eigenvalue weighted by Crippen LogP contribution is -1.80. The molecule has 2 rings (SSSR count). The lowest BCUT2D eigenvalue weighted by molar-refractivity contribution is 1.39. The minimum absolute atomic E-state index is 0.455. The molecule has 0 aliphatic rings. The SMILES string of the molecule is N#Cc1cc(Cl)[nH]c1-c1ccc(Cl)cc1. The number of rotatable bonds is 1. The average Bonchev–Trinajstić information content (AvgIpc) is 2.61. The highest BCUT2D eigenvalue weighted by Crippen LogP contribution is 2.26. The largest absolute Gasteiger partial charge is 0.345 e. The van der Waals surface area contributed by atoms with Crippen molar-refractivity contribution in [3.05, 3.63) is 46.1 Å². The number of nitriles is 1. The number of aromatic nitrogens is 1. The summed E-state index contributed by atoms with van der Waals surface area (Å²) < 4.78 is 0. The van der Waals surface area contributed by atoms with Gasteiger partial charge in [0.25, 0.3) is 0 Å². The van der Waals surface area contributed by atoms with E-state index in [0.29, 0.717) is 15.7 Å². The molecule has 1 aromatic carbocycles. The summed E-state index contributed by atoms with van der Waals surface area (Å²) in [6.45, 7) is 0. The Balaban J connectivity index is 2.54. The summed E-state index contributed by atoms with van der Waals surface area (Å²) >= 11 is 11.6. The molecule has 1 aromatic heterocycles. The highest BCUT2D eigenvalue weighted by Gasteiger charge is 2.08. The molecule has 0 unspecified atom stereocenters. The molecule has 2 nitrogen and oxygen atoms in total. The Morgan fingerprint density at radius 1 is 1.13 bits per heavy atom. The van der Waals surface area contributed by atoms with Crippen LogP contribution in [0.4, 0.5) is 0 Å². The van der Waals surface area contributed by atoms with Gasteiger partial charge in [-0.1, -0.05) is 35.3 Å². The van der Waals surface area contributed by atoms with Gasteiger partial charge in [0, 0.05) is 5.02 Å². The molecule has 0 spiro atoms. The van der Waals surface area contributed by atoms with E-state index in [4.69, 9.17) is 28.5 Å². The molecule has 74 valence electrons. The van der Waals surface area contributed by atoms with Crippen LogP contribution in [0.1, 0.15) is 5.56 Å². The van der Waals surface area contributed by atoms with E-state index in [1.54, 1.807) is 18.2 Å². The van der Waals surface area contributed by atoms with Crippen molar-refractivity contribution in [1.82, 2.24) is 4.98 Å². The molecule has 0 saturated heterocycles. The molecule has 0 aliphatic carbocycles. The summed E-state index contributed by atoms with van der Waals surface area (Å²) in [6.07, 6.45) is 0. The summed E-state index contributed by atoms with van der Waals surface area (Å²) in [4.78, 5) is 2.93. The Kier molecular flexibility index (Phi) is 2.68. The van der Waals surface area contributed by atoms with Gasteiger partial charge in [-0.3, -0.25) is 0 Å². The Bertz CT molecular complexity index is 521. The minimum Gasteiger partial charge on any atom is -0.345 e. The topological polar surface area (TPSA) is 39.6 Å². The lowest BCUT2D eigenvalue weighted by atomic mass is 10.1. The van der Waals surface area contributed by atoms with Gasteiger partial charge >= 0.3 is 0 Å². The number of aromatic amines is 1. The van der Waals surface area contributed by atoms with Gasteiger partial charge in [0.1, 0.15) is 11.2 Å². The van der Waals surface area contributed by atoms with E-state index in [2.05, 4.69) is 11.1 Å². The third kappa shape index (κ3) is 1.99. The molecule has 0 saturated carbocycles. The smallest absolute Gasteiger partial charge is 0.108 e. The molecule has 0 atom stereocenters. The number of hydrogen-bond donors (Lipinski definition) is 1. The van der Waals surface area contributed by atoms with Crippen LogP contribution in [0.25, 0.3) is 11.3 Å². The molecule has 0 aliphatic heterocycles. The number of hydrogen-bond acceptors (Lipinski definition) is 1. The van der Waals surface area contributed by atoms with Gasteiger partial charge < -0.3 is 4.98 Å². The predicted octanol–water partition coefficient (Wildman–Crippen LogP) is 3.86. The Morgan fingerprint density at radius 2 is 1.80 bits per heavy atom. The van der Waals surface area contributed by atoms with Crippen molar-refractivity contribution in [3.63, 3.8) is 0 Å². The molecule has 0 bridgehead atoms. The number of nitrogens with zero attached hydrogens (tertiary/aromatic N) is 1.